The summed E-state index contributed by atoms with van der Waals surface area (Å²) in [6.07, 6.45) is -4.90. The van der Waals surface area contributed by atoms with Crippen molar-refractivity contribution in [2.45, 2.75) is 6.08 Å². The molecule has 1 aliphatic rings. The number of alkyl halides is 3. The van der Waals surface area contributed by atoms with Crippen LogP contribution in [0.4, 0.5) is 13.2 Å². The van der Waals surface area contributed by atoms with E-state index in [1.54, 1.807) is 0 Å². The Labute approximate surface area is 83.3 Å². The van der Waals surface area contributed by atoms with Crippen molar-refractivity contribution in [3.63, 3.8) is 0 Å². The van der Waals surface area contributed by atoms with Crippen molar-refractivity contribution in [3.05, 3.63) is 0 Å². The second kappa shape index (κ2) is 4.09. The van der Waals surface area contributed by atoms with Crippen LogP contribution in [-0.4, -0.2) is 50.2 Å². The summed E-state index contributed by atoms with van der Waals surface area (Å²) in [5, 5.41) is 0. The van der Waals surface area contributed by atoms with E-state index in [0.717, 1.165) is 0 Å². The maximum absolute atomic E-state index is 12.1. The maximum Gasteiger partial charge on any atom is 0.713 e. The average molecular weight is 225 g/mol. The summed E-state index contributed by atoms with van der Waals surface area (Å²) in [5.41, 5.74) is 0. The van der Waals surface area contributed by atoms with Gasteiger partial charge in [0.1, 0.15) is 0 Å². The van der Waals surface area contributed by atoms with Crippen molar-refractivity contribution >= 4 is 19.1 Å². The van der Waals surface area contributed by atoms with E-state index in [4.69, 9.17) is 0 Å². The number of rotatable bonds is 0. The first-order valence-electron chi connectivity index (χ1n) is 3.93. The molecule has 1 heterocycles. The minimum Gasteiger partial charge on any atom is -0.492 e. The minimum atomic E-state index is -4.90. The van der Waals surface area contributed by atoms with Gasteiger partial charge in [-0.2, -0.15) is 13.2 Å². The van der Waals surface area contributed by atoms with Gasteiger partial charge in [-0.05, 0) is 7.05 Å². The van der Waals surface area contributed by atoms with Crippen LogP contribution in [0.25, 0.3) is 0 Å². The Morgan fingerprint density at radius 3 is 1.93 bits per heavy atom. The van der Waals surface area contributed by atoms with Crippen LogP contribution >= 0.6 is 0 Å². The van der Waals surface area contributed by atoms with Crippen molar-refractivity contribution < 1.29 is 32.1 Å². The van der Waals surface area contributed by atoms with E-state index in [2.05, 4.69) is 9.31 Å². The molecule has 0 unspecified atom stereocenters. The molecule has 0 aromatic rings. The molecule has 1 saturated heterocycles. The molecule has 0 aliphatic carbocycles. The average Bonchev–Trinajstić information content (AvgIpc) is 1.97. The van der Waals surface area contributed by atoms with Crippen LogP contribution in [0.1, 0.15) is 0 Å². The van der Waals surface area contributed by atoms with Crippen molar-refractivity contribution in [1.29, 1.82) is 0 Å². The standard InChI is InChI=1S/C6H7BF3NO4/c1-11-2-4(12)14-7(6(8,9)10)15-5(13)3-11/h2-3H2,1H3. The Balaban J connectivity index is 2.75. The van der Waals surface area contributed by atoms with Crippen LogP contribution < -0.4 is 0 Å². The van der Waals surface area contributed by atoms with Crippen molar-refractivity contribution in [2.75, 3.05) is 20.1 Å². The molecule has 0 N–H and O–H groups in total. The normalized spacial score (nSPS) is 20.4. The molecule has 0 spiro atoms. The molecule has 0 atom stereocenters. The van der Waals surface area contributed by atoms with Gasteiger partial charge in [-0.25, -0.2) is 0 Å². The smallest absolute Gasteiger partial charge is 0.492 e. The number of hydrogen-bond donors (Lipinski definition) is 0. The van der Waals surface area contributed by atoms with Gasteiger partial charge in [0, 0.05) is 0 Å². The highest BCUT2D eigenvalue weighted by Crippen LogP contribution is 2.21. The Morgan fingerprint density at radius 1 is 1.20 bits per heavy atom. The van der Waals surface area contributed by atoms with Crippen molar-refractivity contribution in [2.24, 2.45) is 0 Å². The molecule has 15 heavy (non-hydrogen) atoms. The van der Waals surface area contributed by atoms with Crippen LogP contribution in [0.3, 0.4) is 0 Å². The van der Waals surface area contributed by atoms with Crippen LogP contribution in [0.15, 0.2) is 0 Å². The van der Waals surface area contributed by atoms with Gasteiger partial charge >= 0.3 is 25.1 Å². The van der Waals surface area contributed by atoms with Gasteiger partial charge < -0.3 is 9.31 Å². The summed E-state index contributed by atoms with van der Waals surface area (Å²) in [6, 6.07) is 0. The lowest BCUT2D eigenvalue weighted by Gasteiger charge is -2.23. The molecule has 1 fully saturated rings. The number of carbonyl (C=O) groups is 2. The van der Waals surface area contributed by atoms with E-state index in [1.807, 2.05) is 0 Å². The van der Waals surface area contributed by atoms with Gasteiger partial charge in [0.25, 0.3) is 0 Å². The summed E-state index contributed by atoms with van der Waals surface area (Å²) >= 11 is 0. The van der Waals surface area contributed by atoms with E-state index >= 15 is 0 Å². The van der Waals surface area contributed by atoms with E-state index < -0.39 is 25.1 Å². The topological polar surface area (TPSA) is 55.8 Å². The number of nitrogens with zero attached hydrogens (tertiary/aromatic N) is 1. The lowest BCUT2D eigenvalue weighted by Crippen LogP contribution is -2.49. The molecule has 1 aliphatic heterocycles. The Bertz CT molecular complexity index is 262. The third kappa shape index (κ3) is 3.42. The molecule has 1 rings (SSSR count). The van der Waals surface area contributed by atoms with Gasteiger partial charge in [-0.3, -0.25) is 14.5 Å². The van der Waals surface area contributed by atoms with Gasteiger partial charge in [-0.1, -0.05) is 0 Å². The van der Waals surface area contributed by atoms with E-state index in [0.29, 0.717) is 0 Å². The summed E-state index contributed by atoms with van der Waals surface area (Å²) in [4.78, 5) is 22.9. The van der Waals surface area contributed by atoms with Gasteiger partial charge in [0.05, 0.1) is 13.1 Å². The molecule has 84 valence electrons. The highest BCUT2D eigenvalue weighted by Gasteiger charge is 2.56. The summed E-state index contributed by atoms with van der Waals surface area (Å²) < 4.78 is 44.3. The lowest BCUT2D eigenvalue weighted by atomic mass is 9.89. The van der Waals surface area contributed by atoms with Crippen LogP contribution in [0.2, 0.25) is 0 Å². The quantitative estimate of drug-likeness (QED) is 0.525. The number of likely N-dealkylation sites (N-methyl/N-ethyl adjacent to an activating group) is 1. The molecule has 9 heteroatoms. The van der Waals surface area contributed by atoms with E-state index in [-0.39, 0.29) is 13.1 Å². The molecule has 0 aromatic heterocycles. The molecular formula is C6H7BF3NO4. The summed E-state index contributed by atoms with van der Waals surface area (Å²) in [7, 11) is -1.41. The monoisotopic (exact) mass is 225 g/mol. The fourth-order valence-electron chi connectivity index (χ4n) is 0.968. The third-order valence-corrected chi connectivity index (χ3v) is 1.54. The highest BCUT2D eigenvalue weighted by atomic mass is 19.4. The van der Waals surface area contributed by atoms with Gasteiger partial charge in [-0.15, -0.1) is 0 Å². The second-order valence-electron chi connectivity index (χ2n) is 3.03. The SMILES string of the molecule is CN1CC(=O)OB(C(F)(F)F)OC(=O)C1. The van der Waals surface area contributed by atoms with Gasteiger partial charge in [0.15, 0.2) is 0 Å². The predicted octanol–water partition coefficient (Wildman–Crippen LogP) is -0.392. The molecule has 0 amide bonds. The fraction of sp³-hybridized carbons (Fsp3) is 0.667. The Kier molecular flexibility index (Phi) is 3.23. The molecule has 0 aromatic carbocycles. The zero-order chi connectivity index (χ0) is 11.6. The number of hydrogen-bond acceptors (Lipinski definition) is 5. The molecule has 5 nitrogen and oxygen atoms in total. The molecule has 0 radical (unpaired) electrons. The summed E-state index contributed by atoms with van der Waals surface area (Å²) in [6.45, 7) is -0.774. The third-order valence-electron chi connectivity index (χ3n) is 1.54. The minimum absolute atomic E-state index is 0.387. The Hall–Kier alpha value is -1.25. The zero-order valence-corrected chi connectivity index (χ0v) is 7.71. The first kappa shape index (κ1) is 11.8. The summed E-state index contributed by atoms with van der Waals surface area (Å²) in [5.74, 6) is -2.18. The largest absolute Gasteiger partial charge is 0.713 e. The Morgan fingerprint density at radius 2 is 1.60 bits per heavy atom. The zero-order valence-electron chi connectivity index (χ0n) is 7.71. The van der Waals surface area contributed by atoms with E-state index in [9.17, 15) is 22.8 Å². The van der Waals surface area contributed by atoms with Crippen LogP contribution in [-0.2, 0) is 18.9 Å². The second-order valence-corrected chi connectivity index (χ2v) is 3.03. The number of halogens is 3. The molecule has 0 saturated carbocycles. The van der Waals surface area contributed by atoms with Crippen molar-refractivity contribution in [1.82, 2.24) is 4.90 Å². The number of carbonyl (C=O) groups excluding carboxylic acids is 2. The first-order valence-corrected chi connectivity index (χ1v) is 3.93. The molecule has 0 bridgehead atoms. The van der Waals surface area contributed by atoms with Gasteiger partial charge in [0.2, 0.25) is 0 Å². The fourth-order valence-corrected chi connectivity index (χ4v) is 0.968. The lowest BCUT2D eigenvalue weighted by molar-refractivity contribution is -0.155. The maximum atomic E-state index is 12.1. The van der Waals surface area contributed by atoms with E-state index in [1.165, 1.54) is 11.9 Å². The molecular weight excluding hydrogens is 218 g/mol. The van der Waals surface area contributed by atoms with Crippen LogP contribution in [0, 0.1) is 0 Å². The first-order chi connectivity index (χ1) is 6.79. The predicted molar refractivity (Wildman–Crippen MR) is 41.5 cm³/mol. The highest BCUT2D eigenvalue weighted by molar-refractivity contribution is 6.51. The van der Waals surface area contributed by atoms with Crippen molar-refractivity contribution in [3.8, 4) is 0 Å². The van der Waals surface area contributed by atoms with Crippen LogP contribution in [0.5, 0.6) is 0 Å².